The molecule has 0 bridgehead atoms. The Balaban J connectivity index is 1.96. The van der Waals surface area contributed by atoms with Crippen LogP contribution < -0.4 is 0 Å². The van der Waals surface area contributed by atoms with Gasteiger partial charge in [0.2, 0.25) is 5.91 Å². The Hall–Kier alpha value is -2.09. The molecular weight excluding hydrogens is 222 g/mol. The summed E-state index contributed by atoms with van der Waals surface area (Å²) >= 11 is 0. The first kappa shape index (κ1) is 11.0. The predicted molar refractivity (Wildman–Crippen MR) is 73.1 cm³/mol. The molecule has 2 heteroatoms. The lowest BCUT2D eigenvalue weighted by Crippen LogP contribution is -2.24. The summed E-state index contributed by atoms with van der Waals surface area (Å²) in [6, 6.07) is 14.5. The van der Waals surface area contributed by atoms with Crippen LogP contribution in [-0.4, -0.2) is 17.4 Å². The molecule has 0 aliphatic carbocycles. The van der Waals surface area contributed by atoms with Gasteiger partial charge in [-0.3, -0.25) is 4.79 Å². The molecule has 18 heavy (non-hydrogen) atoms. The van der Waals surface area contributed by atoms with Gasteiger partial charge in [-0.15, -0.1) is 0 Å². The molecule has 1 heterocycles. The molecule has 0 unspecified atom stereocenters. The first-order valence-electron chi connectivity index (χ1n) is 6.19. The first-order chi connectivity index (χ1) is 8.75. The van der Waals surface area contributed by atoms with Gasteiger partial charge in [-0.2, -0.15) is 0 Å². The van der Waals surface area contributed by atoms with Gasteiger partial charge in [-0.05, 0) is 22.8 Å². The van der Waals surface area contributed by atoms with Gasteiger partial charge in [0.15, 0.2) is 0 Å². The zero-order chi connectivity index (χ0) is 12.5. The van der Waals surface area contributed by atoms with Crippen LogP contribution >= 0.6 is 0 Å². The summed E-state index contributed by atoms with van der Waals surface area (Å²) < 4.78 is 0. The molecule has 0 radical (unpaired) electrons. The fourth-order valence-electron chi connectivity index (χ4n) is 2.49. The maximum atomic E-state index is 11.9. The van der Waals surface area contributed by atoms with Gasteiger partial charge in [0.1, 0.15) is 0 Å². The molecule has 1 fully saturated rings. The summed E-state index contributed by atoms with van der Waals surface area (Å²) in [5, 5.41) is 2.45. The monoisotopic (exact) mass is 237 g/mol. The average molecular weight is 237 g/mol. The van der Waals surface area contributed by atoms with E-state index in [0.717, 1.165) is 18.5 Å². The van der Waals surface area contributed by atoms with E-state index in [2.05, 4.69) is 30.8 Å². The van der Waals surface area contributed by atoms with Gasteiger partial charge in [0.05, 0.1) is 0 Å². The van der Waals surface area contributed by atoms with Crippen molar-refractivity contribution in [3.8, 4) is 0 Å². The highest BCUT2D eigenvalue weighted by Crippen LogP contribution is 2.23. The molecule has 1 amide bonds. The number of hydrogen-bond acceptors (Lipinski definition) is 1. The Morgan fingerprint density at radius 2 is 1.89 bits per heavy atom. The second kappa shape index (κ2) is 4.30. The number of amides is 1. The van der Waals surface area contributed by atoms with E-state index in [4.69, 9.17) is 0 Å². The third kappa shape index (κ3) is 1.80. The Labute approximate surface area is 107 Å². The molecule has 2 aromatic rings. The van der Waals surface area contributed by atoms with Crippen molar-refractivity contribution >= 4 is 16.7 Å². The molecular formula is C16H15NO. The molecule has 1 aliphatic rings. The van der Waals surface area contributed by atoms with Crippen LogP contribution in [0, 0.1) is 0 Å². The molecule has 1 saturated heterocycles. The largest absolute Gasteiger partial charge is 0.334 e. The number of hydrogen-bond donors (Lipinski definition) is 0. The second-order valence-corrected chi connectivity index (χ2v) is 4.72. The van der Waals surface area contributed by atoms with Crippen molar-refractivity contribution < 1.29 is 4.79 Å². The van der Waals surface area contributed by atoms with Gasteiger partial charge < -0.3 is 4.90 Å². The summed E-state index contributed by atoms with van der Waals surface area (Å²) in [7, 11) is 0. The normalized spacial score (nSPS) is 15.7. The van der Waals surface area contributed by atoms with Gasteiger partial charge in [-0.1, -0.05) is 49.0 Å². The van der Waals surface area contributed by atoms with E-state index in [1.54, 1.807) is 0 Å². The van der Waals surface area contributed by atoms with Gasteiger partial charge in [0, 0.05) is 18.7 Å². The SMILES string of the molecule is C=C1CCN(Cc2cccc3ccccc23)C1=O. The number of benzene rings is 2. The topological polar surface area (TPSA) is 20.3 Å². The third-order valence-corrected chi connectivity index (χ3v) is 3.51. The number of likely N-dealkylation sites (tertiary alicyclic amines) is 1. The molecule has 0 N–H and O–H groups in total. The van der Waals surface area contributed by atoms with Crippen LogP contribution in [0.2, 0.25) is 0 Å². The zero-order valence-corrected chi connectivity index (χ0v) is 10.2. The smallest absolute Gasteiger partial charge is 0.249 e. The van der Waals surface area contributed by atoms with Crippen LogP contribution in [0.4, 0.5) is 0 Å². The summed E-state index contributed by atoms with van der Waals surface area (Å²) in [5.41, 5.74) is 1.94. The number of rotatable bonds is 2. The van der Waals surface area contributed by atoms with Crippen molar-refractivity contribution in [2.75, 3.05) is 6.54 Å². The number of carbonyl (C=O) groups excluding carboxylic acids is 1. The summed E-state index contributed by atoms with van der Waals surface area (Å²) in [4.78, 5) is 13.8. The van der Waals surface area contributed by atoms with Gasteiger partial charge >= 0.3 is 0 Å². The minimum absolute atomic E-state index is 0.0999. The molecule has 1 aliphatic heterocycles. The first-order valence-corrected chi connectivity index (χ1v) is 6.19. The number of carbonyl (C=O) groups is 1. The summed E-state index contributed by atoms with van der Waals surface area (Å²) in [6.07, 6.45) is 0.795. The van der Waals surface area contributed by atoms with Crippen LogP contribution in [0.1, 0.15) is 12.0 Å². The highest BCUT2D eigenvalue weighted by Gasteiger charge is 2.24. The zero-order valence-electron chi connectivity index (χ0n) is 10.2. The Morgan fingerprint density at radius 1 is 1.11 bits per heavy atom. The fraction of sp³-hybridized carbons (Fsp3) is 0.188. The maximum Gasteiger partial charge on any atom is 0.249 e. The average Bonchev–Trinajstić information content (AvgIpc) is 2.71. The van der Waals surface area contributed by atoms with Crippen LogP contribution in [0.5, 0.6) is 0 Å². The van der Waals surface area contributed by atoms with E-state index in [1.165, 1.54) is 16.3 Å². The van der Waals surface area contributed by atoms with E-state index in [9.17, 15) is 4.79 Å². The minimum Gasteiger partial charge on any atom is -0.334 e. The standard InChI is InChI=1S/C16H15NO/c1-12-9-10-17(16(12)18)11-14-7-4-6-13-5-2-3-8-15(13)14/h2-8H,1,9-11H2. The Bertz CT molecular complexity index is 625. The summed E-state index contributed by atoms with van der Waals surface area (Å²) in [6.45, 7) is 5.27. The maximum absolute atomic E-state index is 11.9. The van der Waals surface area contributed by atoms with E-state index < -0.39 is 0 Å². The van der Waals surface area contributed by atoms with Crippen LogP contribution in [0.15, 0.2) is 54.6 Å². The Kier molecular flexibility index (Phi) is 2.63. The van der Waals surface area contributed by atoms with E-state index >= 15 is 0 Å². The highest BCUT2D eigenvalue weighted by atomic mass is 16.2. The molecule has 0 atom stereocenters. The fourth-order valence-corrected chi connectivity index (χ4v) is 2.49. The van der Waals surface area contributed by atoms with E-state index in [-0.39, 0.29) is 5.91 Å². The van der Waals surface area contributed by atoms with Crippen molar-refractivity contribution in [1.82, 2.24) is 4.90 Å². The molecule has 0 spiro atoms. The molecule has 90 valence electrons. The molecule has 0 saturated carbocycles. The van der Waals surface area contributed by atoms with Crippen LogP contribution in [0.25, 0.3) is 10.8 Å². The Morgan fingerprint density at radius 3 is 2.67 bits per heavy atom. The molecule has 0 aromatic heterocycles. The lowest BCUT2D eigenvalue weighted by atomic mass is 10.0. The van der Waals surface area contributed by atoms with Crippen molar-refractivity contribution in [1.29, 1.82) is 0 Å². The molecule has 2 aromatic carbocycles. The third-order valence-electron chi connectivity index (χ3n) is 3.51. The van der Waals surface area contributed by atoms with Crippen molar-refractivity contribution in [2.24, 2.45) is 0 Å². The lowest BCUT2D eigenvalue weighted by molar-refractivity contribution is -0.125. The minimum atomic E-state index is 0.0999. The number of nitrogens with zero attached hydrogens (tertiary/aromatic N) is 1. The second-order valence-electron chi connectivity index (χ2n) is 4.72. The van der Waals surface area contributed by atoms with Crippen molar-refractivity contribution in [3.63, 3.8) is 0 Å². The molecule has 2 nitrogen and oxygen atoms in total. The predicted octanol–water partition coefficient (Wildman–Crippen LogP) is 3.13. The van der Waals surface area contributed by atoms with Crippen LogP contribution in [-0.2, 0) is 11.3 Å². The van der Waals surface area contributed by atoms with Crippen molar-refractivity contribution in [2.45, 2.75) is 13.0 Å². The quantitative estimate of drug-likeness (QED) is 0.735. The van der Waals surface area contributed by atoms with Crippen LogP contribution in [0.3, 0.4) is 0 Å². The van der Waals surface area contributed by atoms with Gasteiger partial charge in [-0.25, -0.2) is 0 Å². The highest BCUT2D eigenvalue weighted by molar-refractivity contribution is 5.95. The van der Waals surface area contributed by atoms with E-state index in [1.807, 2.05) is 23.1 Å². The van der Waals surface area contributed by atoms with E-state index in [0.29, 0.717) is 6.54 Å². The summed E-state index contributed by atoms with van der Waals surface area (Å²) in [5.74, 6) is 0.0999. The molecule has 3 rings (SSSR count). The lowest BCUT2D eigenvalue weighted by Gasteiger charge is -2.16. The number of fused-ring (bicyclic) bond motifs is 1. The van der Waals surface area contributed by atoms with Gasteiger partial charge in [0.25, 0.3) is 0 Å². The van der Waals surface area contributed by atoms with Crippen molar-refractivity contribution in [3.05, 3.63) is 60.2 Å².